The number of benzene rings is 2. The number of pyridine rings is 1. The van der Waals surface area contributed by atoms with Crippen LogP contribution >= 0.6 is 12.2 Å². The van der Waals surface area contributed by atoms with Crippen LogP contribution in [0.3, 0.4) is 0 Å². The summed E-state index contributed by atoms with van der Waals surface area (Å²) in [5, 5.41) is 4.34. The molecule has 3 rings (SSSR count). The summed E-state index contributed by atoms with van der Waals surface area (Å²) in [5.74, 6) is 1.01. The molecule has 8 heteroatoms. The van der Waals surface area contributed by atoms with Crippen molar-refractivity contribution < 1.29 is 14.3 Å². The Morgan fingerprint density at radius 2 is 1.79 bits per heavy atom. The highest BCUT2D eigenvalue weighted by Crippen LogP contribution is 2.27. The number of nitrogens with one attached hydrogen (secondary N) is 3. The molecule has 0 aliphatic rings. The van der Waals surface area contributed by atoms with Crippen LogP contribution in [0.1, 0.15) is 16.1 Å². The number of carbonyl (C=O) groups is 1. The number of ether oxygens (including phenoxy) is 2. The number of rotatable bonds is 6. The van der Waals surface area contributed by atoms with E-state index in [9.17, 15) is 4.79 Å². The molecule has 7 nitrogen and oxygen atoms in total. The molecule has 1 heterocycles. The molecule has 0 saturated carbocycles. The van der Waals surface area contributed by atoms with E-state index in [-0.39, 0.29) is 5.91 Å². The summed E-state index contributed by atoms with van der Waals surface area (Å²) >= 11 is 5.20. The zero-order valence-electron chi connectivity index (χ0n) is 16.2. The summed E-state index contributed by atoms with van der Waals surface area (Å²) in [5.41, 5.74) is 7.39. The third-order valence-corrected chi connectivity index (χ3v) is 4.51. The SMILES string of the molecule is COc1ccc(CCNC(=S)NNC(=O)c2ccc3ccccc3n2)cc1OC. The Kier molecular flexibility index (Phi) is 6.80. The monoisotopic (exact) mass is 410 g/mol. The maximum Gasteiger partial charge on any atom is 0.288 e. The number of hydrazine groups is 1. The van der Waals surface area contributed by atoms with Crippen molar-refractivity contribution in [1.82, 2.24) is 21.2 Å². The minimum Gasteiger partial charge on any atom is -0.493 e. The molecule has 0 saturated heterocycles. The Bertz CT molecular complexity index is 1030. The number of methoxy groups -OCH3 is 2. The summed E-state index contributed by atoms with van der Waals surface area (Å²) < 4.78 is 10.5. The van der Waals surface area contributed by atoms with Crippen LogP contribution in [0.5, 0.6) is 11.5 Å². The van der Waals surface area contributed by atoms with Gasteiger partial charge in [0.1, 0.15) is 5.69 Å². The van der Waals surface area contributed by atoms with Crippen molar-refractivity contribution in [2.45, 2.75) is 6.42 Å². The average Bonchev–Trinajstić information content (AvgIpc) is 2.76. The second kappa shape index (κ2) is 9.70. The number of aromatic nitrogens is 1. The van der Waals surface area contributed by atoms with Crippen molar-refractivity contribution >= 4 is 34.1 Å². The number of amides is 1. The van der Waals surface area contributed by atoms with Crippen molar-refractivity contribution in [2.24, 2.45) is 0 Å². The lowest BCUT2D eigenvalue weighted by atomic mass is 10.1. The van der Waals surface area contributed by atoms with Gasteiger partial charge >= 0.3 is 0 Å². The van der Waals surface area contributed by atoms with Gasteiger partial charge in [0.2, 0.25) is 0 Å². The number of thiocarbonyl (C=S) groups is 1. The number of carbonyl (C=O) groups excluding carboxylic acids is 1. The fraction of sp³-hybridized carbons (Fsp3) is 0.190. The van der Waals surface area contributed by atoms with Gasteiger partial charge in [0.25, 0.3) is 5.91 Å². The molecule has 3 aromatic rings. The standard InChI is InChI=1S/C21H22N4O3S/c1-27-18-10-7-14(13-19(18)28-2)11-12-22-21(29)25-24-20(26)17-9-8-15-5-3-4-6-16(15)23-17/h3-10,13H,11-12H2,1-2H3,(H,24,26)(H2,22,25,29). The Balaban J connectivity index is 1.46. The van der Waals surface area contributed by atoms with Gasteiger partial charge in [-0.3, -0.25) is 15.6 Å². The minimum atomic E-state index is -0.361. The molecule has 0 unspecified atom stereocenters. The Morgan fingerprint density at radius 1 is 1.00 bits per heavy atom. The first-order valence-corrected chi connectivity index (χ1v) is 9.42. The molecule has 0 atom stereocenters. The van der Waals surface area contributed by atoms with Crippen LogP contribution in [0.2, 0.25) is 0 Å². The second-order valence-corrected chi connectivity index (χ2v) is 6.57. The zero-order valence-corrected chi connectivity index (χ0v) is 17.0. The molecule has 150 valence electrons. The van der Waals surface area contributed by atoms with E-state index >= 15 is 0 Å². The molecule has 2 aromatic carbocycles. The number of hydrogen-bond acceptors (Lipinski definition) is 5. The van der Waals surface area contributed by atoms with Gasteiger partial charge in [0.05, 0.1) is 19.7 Å². The van der Waals surface area contributed by atoms with Gasteiger partial charge in [0, 0.05) is 11.9 Å². The van der Waals surface area contributed by atoms with Gasteiger partial charge in [-0.05, 0) is 48.5 Å². The first kappa shape index (κ1) is 20.3. The molecule has 1 amide bonds. The number of hydrogen-bond donors (Lipinski definition) is 3. The van der Waals surface area contributed by atoms with Crippen LogP contribution in [0.25, 0.3) is 10.9 Å². The van der Waals surface area contributed by atoms with Crippen LogP contribution < -0.4 is 25.6 Å². The number of nitrogens with zero attached hydrogens (tertiary/aromatic N) is 1. The highest BCUT2D eigenvalue weighted by atomic mass is 32.1. The predicted octanol–water partition coefficient (Wildman–Crippen LogP) is 2.60. The van der Waals surface area contributed by atoms with Crippen LogP contribution in [0.4, 0.5) is 0 Å². The van der Waals surface area contributed by atoms with Crippen molar-refractivity contribution in [3.8, 4) is 11.5 Å². The third kappa shape index (κ3) is 5.32. The van der Waals surface area contributed by atoms with Crippen molar-refractivity contribution in [3.63, 3.8) is 0 Å². The topological polar surface area (TPSA) is 84.5 Å². The van der Waals surface area contributed by atoms with Crippen molar-refractivity contribution in [2.75, 3.05) is 20.8 Å². The maximum absolute atomic E-state index is 12.3. The smallest absolute Gasteiger partial charge is 0.288 e. The summed E-state index contributed by atoms with van der Waals surface area (Å²) in [6.07, 6.45) is 0.725. The highest BCUT2D eigenvalue weighted by Gasteiger charge is 2.09. The molecule has 0 fully saturated rings. The summed E-state index contributed by atoms with van der Waals surface area (Å²) in [6, 6.07) is 16.9. The molecule has 0 aliphatic carbocycles. The Morgan fingerprint density at radius 3 is 2.59 bits per heavy atom. The first-order valence-electron chi connectivity index (χ1n) is 9.01. The Hall–Kier alpha value is -3.39. The van der Waals surface area contributed by atoms with Crippen LogP contribution in [-0.2, 0) is 6.42 Å². The molecular formula is C21H22N4O3S. The lowest BCUT2D eigenvalue weighted by Crippen LogP contribution is -2.47. The lowest BCUT2D eigenvalue weighted by Gasteiger charge is -2.12. The summed E-state index contributed by atoms with van der Waals surface area (Å²) in [6.45, 7) is 0.589. The third-order valence-electron chi connectivity index (χ3n) is 4.27. The van der Waals surface area contributed by atoms with E-state index in [4.69, 9.17) is 21.7 Å². The predicted molar refractivity (Wildman–Crippen MR) is 116 cm³/mol. The molecule has 1 aromatic heterocycles. The molecule has 29 heavy (non-hydrogen) atoms. The van der Waals surface area contributed by atoms with Crippen molar-refractivity contribution in [3.05, 3.63) is 65.9 Å². The van der Waals surface area contributed by atoms with E-state index in [0.29, 0.717) is 28.9 Å². The normalized spacial score (nSPS) is 10.3. The van der Waals surface area contributed by atoms with Gasteiger partial charge in [-0.25, -0.2) is 4.98 Å². The van der Waals surface area contributed by atoms with E-state index in [2.05, 4.69) is 21.2 Å². The molecule has 3 N–H and O–H groups in total. The van der Waals surface area contributed by atoms with Gasteiger partial charge in [-0.2, -0.15) is 0 Å². The molecule has 0 bridgehead atoms. The quantitative estimate of drug-likeness (QED) is 0.425. The molecule has 0 radical (unpaired) electrons. The first-order chi connectivity index (χ1) is 14.1. The van der Waals surface area contributed by atoms with E-state index in [0.717, 1.165) is 22.9 Å². The van der Waals surface area contributed by atoms with Gasteiger partial charge in [0.15, 0.2) is 16.6 Å². The largest absolute Gasteiger partial charge is 0.493 e. The molecule has 0 aliphatic heterocycles. The van der Waals surface area contributed by atoms with Crippen molar-refractivity contribution in [1.29, 1.82) is 0 Å². The van der Waals surface area contributed by atoms with Crippen LogP contribution in [0, 0.1) is 0 Å². The highest BCUT2D eigenvalue weighted by molar-refractivity contribution is 7.80. The summed E-state index contributed by atoms with van der Waals surface area (Å²) in [4.78, 5) is 16.6. The van der Waals surface area contributed by atoms with Gasteiger partial charge in [-0.15, -0.1) is 0 Å². The number of fused-ring (bicyclic) bond motifs is 1. The van der Waals surface area contributed by atoms with Crippen LogP contribution in [0.15, 0.2) is 54.6 Å². The van der Waals surface area contributed by atoms with Gasteiger partial charge in [-0.1, -0.05) is 30.3 Å². The zero-order chi connectivity index (χ0) is 20.6. The fourth-order valence-corrected chi connectivity index (χ4v) is 2.92. The van der Waals surface area contributed by atoms with E-state index in [1.54, 1.807) is 20.3 Å². The average molecular weight is 410 g/mol. The molecule has 0 spiro atoms. The van der Waals surface area contributed by atoms with Gasteiger partial charge < -0.3 is 14.8 Å². The van der Waals surface area contributed by atoms with E-state index in [1.165, 1.54) is 0 Å². The van der Waals surface area contributed by atoms with E-state index < -0.39 is 0 Å². The lowest BCUT2D eigenvalue weighted by molar-refractivity contribution is 0.0939. The summed E-state index contributed by atoms with van der Waals surface area (Å²) in [7, 11) is 3.21. The maximum atomic E-state index is 12.3. The minimum absolute atomic E-state index is 0.310. The Labute approximate surface area is 174 Å². The second-order valence-electron chi connectivity index (χ2n) is 6.16. The fourth-order valence-electron chi connectivity index (χ4n) is 2.77. The number of para-hydroxylation sites is 1. The molecular weight excluding hydrogens is 388 g/mol. The van der Waals surface area contributed by atoms with Crippen LogP contribution in [-0.4, -0.2) is 36.8 Å². The van der Waals surface area contributed by atoms with E-state index in [1.807, 2.05) is 48.5 Å².